The Labute approximate surface area is 138 Å². The van der Waals surface area contributed by atoms with Crippen molar-refractivity contribution in [3.8, 4) is 11.5 Å². The second kappa shape index (κ2) is 8.11. The van der Waals surface area contributed by atoms with E-state index in [4.69, 9.17) is 9.47 Å². The van der Waals surface area contributed by atoms with Crippen LogP contribution in [0.5, 0.6) is 11.5 Å². The Kier molecular flexibility index (Phi) is 5.90. The molecule has 2 heterocycles. The molecule has 0 saturated carbocycles. The SMILES string of the molecule is COc1cccc(CC2CCCNC2)c1OC1CCCSC1. The van der Waals surface area contributed by atoms with E-state index in [9.17, 15) is 0 Å². The van der Waals surface area contributed by atoms with Gasteiger partial charge in [0.15, 0.2) is 11.5 Å². The lowest BCUT2D eigenvalue weighted by atomic mass is 9.92. The summed E-state index contributed by atoms with van der Waals surface area (Å²) >= 11 is 2.00. The highest BCUT2D eigenvalue weighted by atomic mass is 32.2. The normalized spacial score (nSPS) is 25.7. The molecule has 1 aromatic carbocycles. The third kappa shape index (κ3) is 4.11. The Morgan fingerprint density at radius 2 is 2.23 bits per heavy atom. The number of benzene rings is 1. The van der Waals surface area contributed by atoms with Gasteiger partial charge in [-0.05, 0) is 68.5 Å². The second-order valence-corrected chi connectivity index (χ2v) is 7.47. The summed E-state index contributed by atoms with van der Waals surface area (Å²) in [5.41, 5.74) is 1.31. The van der Waals surface area contributed by atoms with Crippen molar-refractivity contribution in [2.24, 2.45) is 5.92 Å². The highest BCUT2D eigenvalue weighted by molar-refractivity contribution is 7.99. The maximum Gasteiger partial charge on any atom is 0.164 e. The number of ether oxygens (including phenoxy) is 2. The smallest absolute Gasteiger partial charge is 0.164 e. The van der Waals surface area contributed by atoms with E-state index >= 15 is 0 Å². The first-order valence-electron chi connectivity index (χ1n) is 8.48. The first-order chi connectivity index (χ1) is 10.9. The van der Waals surface area contributed by atoms with Gasteiger partial charge in [-0.3, -0.25) is 0 Å². The van der Waals surface area contributed by atoms with Crippen LogP contribution in [0.1, 0.15) is 31.2 Å². The van der Waals surface area contributed by atoms with Crippen molar-refractivity contribution >= 4 is 11.8 Å². The van der Waals surface area contributed by atoms with E-state index < -0.39 is 0 Å². The van der Waals surface area contributed by atoms with Gasteiger partial charge < -0.3 is 14.8 Å². The van der Waals surface area contributed by atoms with E-state index in [2.05, 4.69) is 17.4 Å². The van der Waals surface area contributed by atoms with Gasteiger partial charge in [-0.15, -0.1) is 0 Å². The van der Waals surface area contributed by atoms with E-state index in [0.717, 1.165) is 43.2 Å². The van der Waals surface area contributed by atoms with Crippen molar-refractivity contribution < 1.29 is 9.47 Å². The van der Waals surface area contributed by atoms with E-state index in [-0.39, 0.29) is 0 Å². The van der Waals surface area contributed by atoms with Crippen LogP contribution < -0.4 is 14.8 Å². The molecular weight excluding hydrogens is 294 g/mol. The van der Waals surface area contributed by atoms with Gasteiger partial charge in [0.1, 0.15) is 6.10 Å². The van der Waals surface area contributed by atoms with Crippen LogP contribution in [0.15, 0.2) is 18.2 Å². The number of hydrogen-bond donors (Lipinski definition) is 1. The first kappa shape index (κ1) is 16.0. The highest BCUT2D eigenvalue weighted by Crippen LogP contribution is 2.36. The van der Waals surface area contributed by atoms with Gasteiger partial charge in [0, 0.05) is 5.75 Å². The summed E-state index contributed by atoms with van der Waals surface area (Å²) in [5, 5.41) is 3.51. The molecule has 0 bridgehead atoms. The van der Waals surface area contributed by atoms with Crippen molar-refractivity contribution in [3.63, 3.8) is 0 Å². The molecule has 3 rings (SSSR count). The van der Waals surface area contributed by atoms with Gasteiger partial charge in [0.05, 0.1) is 7.11 Å². The zero-order chi connectivity index (χ0) is 15.2. The van der Waals surface area contributed by atoms with Crippen LogP contribution in [0.3, 0.4) is 0 Å². The van der Waals surface area contributed by atoms with Gasteiger partial charge in [-0.1, -0.05) is 12.1 Å². The fourth-order valence-electron chi connectivity index (χ4n) is 3.40. The molecule has 22 heavy (non-hydrogen) atoms. The molecule has 2 aliphatic heterocycles. The van der Waals surface area contributed by atoms with Crippen molar-refractivity contribution in [3.05, 3.63) is 23.8 Å². The summed E-state index contributed by atoms with van der Waals surface area (Å²) in [5.74, 6) is 4.96. The summed E-state index contributed by atoms with van der Waals surface area (Å²) < 4.78 is 12.0. The zero-order valence-corrected chi connectivity index (χ0v) is 14.3. The summed E-state index contributed by atoms with van der Waals surface area (Å²) in [6.07, 6.45) is 6.42. The number of hydrogen-bond acceptors (Lipinski definition) is 4. The minimum absolute atomic E-state index is 0.332. The lowest BCUT2D eigenvalue weighted by molar-refractivity contribution is 0.199. The minimum Gasteiger partial charge on any atom is -0.493 e. The summed E-state index contributed by atoms with van der Waals surface area (Å²) in [7, 11) is 1.74. The summed E-state index contributed by atoms with van der Waals surface area (Å²) in [4.78, 5) is 0. The van der Waals surface area contributed by atoms with Crippen LogP contribution in [-0.2, 0) is 6.42 Å². The van der Waals surface area contributed by atoms with Crippen molar-refractivity contribution in [2.45, 2.75) is 38.2 Å². The lowest BCUT2D eigenvalue weighted by Gasteiger charge is -2.27. The van der Waals surface area contributed by atoms with Crippen molar-refractivity contribution in [1.29, 1.82) is 0 Å². The second-order valence-electron chi connectivity index (χ2n) is 6.32. The Hall–Kier alpha value is -0.870. The number of rotatable bonds is 5. The quantitative estimate of drug-likeness (QED) is 0.899. The largest absolute Gasteiger partial charge is 0.493 e. The fourth-order valence-corrected chi connectivity index (χ4v) is 4.43. The van der Waals surface area contributed by atoms with Crippen molar-refractivity contribution in [1.82, 2.24) is 5.32 Å². The maximum absolute atomic E-state index is 6.38. The van der Waals surface area contributed by atoms with Crippen LogP contribution in [0.2, 0.25) is 0 Å². The molecule has 0 spiro atoms. The number of nitrogens with one attached hydrogen (secondary N) is 1. The Bertz CT molecular complexity index is 468. The molecule has 1 aromatic rings. The van der Waals surface area contributed by atoms with Gasteiger partial charge in [-0.25, -0.2) is 0 Å². The molecular formula is C18H27NO2S. The fraction of sp³-hybridized carbons (Fsp3) is 0.667. The van der Waals surface area contributed by atoms with Crippen LogP contribution >= 0.6 is 11.8 Å². The molecule has 0 aliphatic carbocycles. The first-order valence-corrected chi connectivity index (χ1v) is 9.63. The zero-order valence-electron chi connectivity index (χ0n) is 13.5. The molecule has 2 unspecified atom stereocenters. The standard InChI is InChI=1S/C18H27NO2S/c1-20-17-8-2-6-15(11-14-5-3-9-19-12-14)18(17)21-16-7-4-10-22-13-16/h2,6,8,14,16,19H,3-5,7,9-13H2,1H3. The third-order valence-corrected chi connectivity index (χ3v) is 5.78. The molecule has 122 valence electrons. The highest BCUT2D eigenvalue weighted by Gasteiger charge is 2.22. The number of thioether (sulfide) groups is 1. The molecule has 0 amide bonds. The summed E-state index contributed by atoms with van der Waals surface area (Å²) in [6, 6.07) is 6.32. The number of piperidine rings is 1. The van der Waals surface area contributed by atoms with Crippen LogP contribution in [0.4, 0.5) is 0 Å². The molecule has 0 radical (unpaired) electrons. The number of methoxy groups -OCH3 is 1. The van der Waals surface area contributed by atoms with Gasteiger partial charge in [0.25, 0.3) is 0 Å². The molecule has 2 fully saturated rings. The Morgan fingerprint density at radius 1 is 1.27 bits per heavy atom. The predicted octanol–water partition coefficient (Wildman–Crippen LogP) is 3.51. The third-order valence-electron chi connectivity index (χ3n) is 4.59. The molecule has 2 saturated heterocycles. The monoisotopic (exact) mass is 321 g/mol. The van der Waals surface area contributed by atoms with Crippen LogP contribution in [-0.4, -0.2) is 37.8 Å². The Balaban J connectivity index is 1.75. The van der Waals surface area contributed by atoms with E-state index in [0.29, 0.717) is 12.0 Å². The average molecular weight is 321 g/mol. The lowest BCUT2D eigenvalue weighted by Crippen LogP contribution is -2.31. The maximum atomic E-state index is 6.38. The predicted molar refractivity (Wildman–Crippen MR) is 93.3 cm³/mol. The molecule has 1 N–H and O–H groups in total. The Morgan fingerprint density at radius 3 is 2.95 bits per heavy atom. The minimum atomic E-state index is 0.332. The molecule has 3 nitrogen and oxygen atoms in total. The average Bonchev–Trinajstić information content (AvgIpc) is 2.58. The van der Waals surface area contributed by atoms with Crippen LogP contribution in [0, 0.1) is 5.92 Å². The van der Waals surface area contributed by atoms with Gasteiger partial charge in [0.2, 0.25) is 0 Å². The van der Waals surface area contributed by atoms with Crippen LogP contribution in [0.25, 0.3) is 0 Å². The van der Waals surface area contributed by atoms with Gasteiger partial charge in [-0.2, -0.15) is 11.8 Å². The van der Waals surface area contributed by atoms with Gasteiger partial charge >= 0.3 is 0 Å². The van der Waals surface area contributed by atoms with E-state index in [1.54, 1.807) is 7.11 Å². The summed E-state index contributed by atoms with van der Waals surface area (Å²) in [6.45, 7) is 2.28. The molecule has 0 aromatic heterocycles. The molecule has 4 heteroatoms. The van der Waals surface area contributed by atoms with E-state index in [1.165, 1.54) is 30.6 Å². The topological polar surface area (TPSA) is 30.5 Å². The van der Waals surface area contributed by atoms with E-state index in [1.807, 2.05) is 17.8 Å². The molecule has 2 aliphatic rings. The number of para-hydroxylation sites is 1. The van der Waals surface area contributed by atoms with Crippen molar-refractivity contribution in [2.75, 3.05) is 31.7 Å². The molecule has 2 atom stereocenters.